The van der Waals surface area contributed by atoms with Gasteiger partial charge in [-0.05, 0) is 30.9 Å². The molecule has 3 aromatic heterocycles. The molecule has 1 N–H and O–H groups in total. The van der Waals surface area contributed by atoms with Crippen LogP contribution in [0.5, 0.6) is 0 Å². The molecule has 1 aliphatic carbocycles. The van der Waals surface area contributed by atoms with Gasteiger partial charge >= 0.3 is 0 Å². The van der Waals surface area contributed by atoms with Gasteiger partial charge in [0.15, 0.2) is 23.1 Å². The van der Waals surface area contributed by atoms with E-state index in [1.165, 1.54) is 12.8 Å². The van der Waals surface area contributed by atoms with Crippen LogP contribution >= 0.6 is 0 Å². The number of ketones is 1. The fourth-order valence-electron chi connectivity index (χ4n) is 4.10. The Kier molecular flexibility index (Phi) is 4.28. The van der Waals surface area contributed by atoms with Crippen LogP contribution in [0.3, 0.4) is 0 Å². The number of aromatic nitrogens is 5. The highest BCUT2D eigenvalue weighted by molar-refractivity contribution is 5.97. The van der Waals surface area contributed by atoms with Gasteiger partial charge in [0.05, 0.1) is 22.9 Å². The minimum atomic E-state index is 0.230. The van der Waals surface area contributed by atoms with Crippen LogP contribution in [0.15, 0.2) is 67.0 Å². The predicted octanol–water partition coefficient (Wildman–Crippen LogP) is 5.01. The smallest absolute Gasteiger partial charge is 0.181 e. The van der Waals surface area contributed by atoms with Gasteiger partial charge in [-0.1, -0.05) is 36.4 Å². The first kappa shape index (κ1) is 18.7. The Bertz CT molecular complexity index is 1460. The molecular weight excluding hydrogens is 400 g/mol. The molecular formula is C25H22N6O. The summed E-state index contributed by atoms with van der Waals surface area (Å²) in [5.41, 5.74) is 5.27. The number of Topliss-reactive ketones (excluding diaryl/α,β-unsaturated/α-hetero) is 1. The van der Waals surface area contributed by atoms with E-state index in [2.05, 4.69) is 19.8 Å². The molecule has 1 fully saturated rings. The summed E-state index contributed by atoms with van der Waals surface area (Å²) in [6, 6.07) is 17.8. The van der Waals surface area contributed by atoms with Gasteiger partial charge in [-0.2, -0.15) is 5.10 Å². The standard InChI is InChI=1S/C25H22N6O/c1-30-13-12-23(29-30)28-24-25-26-15-21(31(25)20-5-3-2-4-19(20)27-24)17-8-10-18(11-9-17)22(32)14-16-6-7-16/h2-5,8-13,15-16H,6-7,14H2,1H3,(H,27,28,29). The molecule has 0 unspecified atom stereocenters. The lowest BCUT2D eigenvalue weighted by Gasteiger charge is -2.11. The summed E-state index contributed by atoms with van der Waals surface area (Å²) in [7, 11) is 1.88. The second-order valence-corrected chi connectivity index (χ2v) is 8.40. The minimum Gasteiger partial charge on any atom is -0.320 e. The summed E-state index contributed by atoms with van der Waals surface area (Å²) in [5, 5.41) is 7.71. The number of benzene rings is 2. The fourth-order valence-corrected chi connectivity index (χ4v) is 4.10. The average Bonchev–Trinajstić information content (AvgIpc) is 3.35. The van der Waals surface area contributed by atoms with Crippen LogP contribution in [-0.2, 0) is 7.05 Å². The maximum atomic E-state index is 12.5. The van der Waals surface area contributed by atoms with E-state index in [4.69, 9.17) is 4.98 Å². The second-order valence-electron chi connectivity index (χ2n) is 8.40. The Morgan fingerprint density at radius 3 is 2.66 bits per heavy atom. The molecule has 2 aromatic carbocycles. The van der Waals surface area contributed by atoms with Crippen molar-refractivity contribution in [1.82, 2.24) is 24.1 Å². The highest BCUT2D eigenvalue weighted by Crippen LogP contribution is 2.34. The van der Waals surface area contributed by atoms with Crippen molar-refractivity contribution in [3.05, 3.63) is 72.6 Å². The van der Waals surface area contributed by atoms with Crippen molar-refractivity contribution in [3.63, 3.8) is 0 Å². The molecule has 1 aliphatic rings. The Labute approximate surface area is 184 Å². The summed E-state index contributed by atoms with van der Waals surface area (Å²) < 4.78 is 3.85. The molecule has 0 atom stereocenters. The summed E-state index contributed by atoms with van der Waals surface area (Å²) >= 11 is 0. The van der Waals surface area contributed by atoms with E-state index in [9.17, 15) is 4.79 Å². The molecule has 0 radical (unpaired) electrons. The molecule has 7 heteroatoms. The Morgan fingerprint density at radius 1 is 1.09 bits per heavy atom. The number of carbonyl (C=O) groups excluding carboxylic acids is 1. The number of hydrogen-bond acceptors (Lipinski definition) is 5. The molecule has 32 heavy (non-hydrogen) atoms. The van der Waals surface area contributed by atoms with E-state index >= 15 is 0 Å². The Morgan fingerprint density at radius 2 is 1.91 bits per heavy atom. The van der Waals surface area contributed by atoms with Crippen LogP contribution in [0.2, 0.25) is 0 Å². The number of fused-ring (bicyclic) bond motifs is 3. The minimum absolute atomic E-state index is 0.230. The first-order valence-corrected chi connectivity index (χ1v) is 10.8. The van der Waals surface area contributed by atoms with E-state index in [1.54, 1.807) is 4.68 Å². The lowest BCUT2D eigenvalue weighted by Crippen LogP contribution is -2.02. The molecule has 5 aromatic rings. The first-order chi connectivity index (χ1) is 15.7. The summed E-state index contributed by atoms with van der Waals surface area (Å²) in [5.74, 6) is 2.17. The van der Waals surface area contributed by atoms with Crippen molar-refractivity contribution < 1.29 is 4.79 Å². The maximum absolute atomic E-state index is 12.5. The van der Waals surface area contributed by atoms with Crippen LogP contribution in [0.1, 0.15) is 29.6 Å². The van der Waals surface area contributed by atoms with E-state index in [0.29, 0.717) is 24.0 Å². The van der Waals surface area contributed by atoms with E-state index < -0.39 is 0 Å². The largest absolute Gasteiger partial charge is 0.320 e. The van der Waals surface area contributed by atoms with Crippen LogP contribution in [-0.4, -0.2) is 29.9 Å². The lowest BCUT2D eigenvalue weighted by molar-refractivity contribution is 0.0976. The number of hydrogen-bond donors (Lipinski definition) is 1. The fraction of sp³-hybridized carbons (Fsp3) is 0.200. The van der Waals surface area contributed by atoms with Gasteiger partial charge in [-0.25, -0.2) is 9.97 Å². The normalized spacial score (nSPS) is 13.7. The zero-order chi connectivity index (χ0) is 21.7. The number of aryl methyl sites for hydroxylation is 1. The van der Waals surface area contributed by atoms with Gasteiger partial charge in [0.25, 0.3) is 0 Å². The van der Waals surface area contributed by atoms with Gasteiger partial charge in [0, 0.05) is 36.9 Å². The monoisotopic (exact) mass is 422 g/mol. The van der Waals surface area contributed by atoms with Crippen molar-refractivity contribution in [2.24, 2.45) is 13.0 Å². The zero-order valence-electron chi connectivity index (χ0n) is 17.7. The number of rotatable bonds is 6. The van der Waals surface area contributed by atoms with Crippen molar-refractivity contribution in [2.75, 3.05) is 5.32 Å². The molecule has 0 aliphatic heterocycles. The number of imidazole rings is 1. The number of nitrogens with one attached hydrogen (secondary N) is 1. The topological polar surface area (TPSA) is 77.1 Å². The van der Waals surface area contributed by atoms with E-state index in [-0.39, 0.29) is 5.78 Å². The molecule has 6 rings (SSSR count). The van der Waals surface area contributed by atoms with Crippen molar-refractivity contribution in [3.8, 4) is 11.3 Å². The highest BCUT2D eigenvalue weighted by atomic mass is 16.1. The molecule has 0 amide bonds. The number of nitrogens with zero attached hydrogens (tertiary/aromatic N) is 5. The molecule has 0 spiro atoms. The van der Waals surface area contributed by atoms with Gasteiger partial charge in [-0.15, -0.1) is 0 Å². The quantitative estimate of drug-likeness (QED) is 0.389. The second kappa shape index (κ2) is 7.30. The molecule has 1 saturated carbocycles. The molecule has 7 nitrogen and oxygen atoms in total. The summed E-state index contributed by atoms with van der Waals surface area (Å²) in [4.78, 5) is 21.9. The van der Waals surface area contributed by atoms with Gasteiger partial charge < -0.3 is 5.32 Å². The average molecular weight is 422 g/mol. The number of para-hydroxylation sites is 2. The maximum Gasteiger partial charge on any atom is 0.181 e. The number of carbonyl (C=O) groups is 1. The summed E-state index contributed by atoms with van der Waals surface area (Å²) in [6.07, 6.45) is 6.76. The SMILES string of the molecule is Cn1ccc(Nc2nc3ccccc3n3c(-c4ccc(C(=O)CC5CC5)cc4)cnc23)n1. The molecule has 0 bridgehead atoms. The van der Waals surface area contributed by atoms with Crippen molar-refractivity contribution >= 4 is 34.1 Å². The number of anilines is 2. The Hall–Kier alpha value is -4.00. The van der Waals surface area contributed by atoms with Gasteiger partial charge in [-0.3, -0.25) is 13.9 Å². The van der Waals surface area contributed by atoms with E-state index in [0.717, 1.165) is 33.5 Å². The van der Waals surface area contributed by atoms with Gasteiger partial charge in [0.2, 0.25) is 0 Å². The van der Waals surface area contributed by atoms with E-state index in [1.807, 2.05) is 74.0 Å². The van der Waals surface area contributed by atoms with Crippen LogP contribution in [0.25, 0.3) is 27.9 Å². The summed E-state index contributed by atoms with van der Waals surface area (Å²) in [6.45, 7) is 0. The molecule has 0 saturated heterocycles. The van der Waals surface area contributed by atoms with Crippen molar-refractivity contribution in [2.45, 2.75) is 19.3 Å². The lowest BCUT2D eigenvalue weighted by atomic mass is 10.0. The van der Waals surface area contributed by atoms with Crippen molar-refractivity contribution in [1.29, 1.82) is 0 Å². The third-order valence-corrected chi connectivity index (χ3v) is 5.96. The Balaban J connectivity index is 1.45. The third-order valence-electron chi connectivity index (χ3n) is 5.96. The van der Waals surface area contributed by atoms with Gasteiger partial charge in [0.1, 0.15) is 0 Å². The van der Waals surface area contributed by atoms with Crippen LogP contribution in [0.4, 0.5) is 11.6 Å². The van der Waals surface area contributed by atoms with Crippen LogP contribution < -0.4 is 5.32 Å². The molecule has 3 heterocycles. The first-order valence-electron chi connectivity index (χ1n) is 10.8. The molecule has 158 valence electrons. The zero-order valence-corrected chi connectivity index (χ0v) is 17.7. The van der Waals surface area contributed by atoms with Crippen LogP contribution in [0, 0.1) is 5.92 Å². The third kappa shape index (κ3) is 3.32. The highest BCUT2D eigenvalue weighted by Gasteiger charge is 2.25. The predicted molar refractivity (Wildman–Crippen MR) is 124 cm³/mol.